The second kappa shape index (κ2) is 6.94. The first-order valence-corrected chi connectivity index (χ1v) is 6.25. The molecule has 0 aromatic carbocycles. The van der Waals surface area contributed by atoms with Crippen molar-refractivity contribution in [1.29, 1.82) is 0 Å². The standard InChI is InChI=1S/C13H22N4O2/c1-9(2)8-17(4-5-19-3)12-6-10(13(15)18)11(14)7-16-12/h6-7,9H,4-5,8,14H2,1-3H3,(H2,15,18). The van der Waals surface area contributed by atoms with E-state index < -0.39 is 5.91 Å². The van der Waals surface area contributed by atoms with Gasteiger partial charge in [0.1, 0.15) is 5.82 Å². The zero-order chi connectivity index (χ0) is 14.4. The monoisotopic (exact) mass is 266 g/mol. The van der Waals surface area contributed by atoms with E-state index in [-0.39, 0.29) is 0 Å². The maximum Gasteiger partial charge on any atom is 0.250 e. The van der Waals surface area contributed by atoms with E-state index in [1.165, 1.54) is 6.20 Å². The lowest BCUT2D eigenvalue weighted by atomic mass is 10.2. The van der Waals surface area contributed by atoms with Gasteiger partial charge in [-0.15, -0.1) is 0 Å². The molecule has 0 unspecified atom stereocenters. The molecule has 0 aliphatic rings. The minimum absolute atomic E-state index is 0.299. The van der Waals surface area contributed by atoms with Crippen molar-refractivity contribution in [3.8, 4) is 0 Å². The lowest BCUT2D eigenvalue weighted by Gasteiger charge is -2.25. The predicted octanol–water partition coefficient (Wildman–Crippen LogP) is 0.872. The van der Waals surface area contributed by atoms with Gasteiger partial charge in [-0.2, -0.15) is 0 Å². The smallest absolute Gasteiger partial charge is 0.250 e. The fourth-order valence-corrected chi connectivity index (χ4v) is 1.78. The van der Waals surface area contributed by atoms with Crippen LogP contribution in [0.3, 0.4) is 0 Å². The van der Waals surface area contributed by atoms with E-state index in [4.69, 9.17) is 16.2 Å². The number of carbonyl (C=O) groups excluding carboxylic acids is 1. The van der Waals surface area contributed by atoms with Crippen LogP contribution in [0.25, 0.3) is 0 Å². The number of primary amides is 1. The molecule has 0 saturated carbocycles. The van der Waals surface area contributed by atoms with Gasteiger partial charge < -0.3 is 21.1 Å². The van der Waals surface area contributed by atoms with Crippen LogP contribution in [-0.2, 0) is 4.74 Å². The van der Waals surface area contributed by atoms with Crippen molar-refractivity contribution in [3.05, 3.63) is 17.8 Å². The average Bonchev–Trinajstić information content (AvgIpc) is 2.34. The molecule has 0 aliphatic heterocycles. The summed E-state index contributed by atoms with van der Waals surface area (Å²) in [5, 5.41) is 0. The summed E-state index contributed by atoms with van der Waals surface area (Å²) in [5.74, 6) is 0.611. The number of ether oxygens (including phenoxy) is 1. The maximum absolute atomic E-state index is 11.3. The zero-order valence-corrected chi connectivity index (χ0v) is 11.7. The van der Waals surface area contributed by atoms with E-state index in [1.54, 1.807) is 13.2 Å². The Morgan fingerprint density at radius 3 is 2.74 bits per heavy atom. The second-order valence-corrected chi connectivity index (χ2v) is 4.83. The Kier molecular flexibility index (Phi) is 5.57. The quantitative estimate of drug-likeness (QED) is 0.763. The lowest BCUT2D eigenvalue weighted by Crippen LogP contribution is -2.32. The predicted molar refractivity (Wildman–Crippen MR) is 76.1 cm³/mol. The molecule has 6 nitrogen and oxygen atoms in total. The van der Waals surface area contributed by atoms with Crippen LogP contribution in [0.1, 0.15) is 24.2 Å². The molecule has 0 bridgehead atoms. The van der Waals surface area contributed by atoms with Crippen LogP contribution < -0.4 is 16.4 Å². The number of carbonyl (C=O) groups is 1. The second-order valence-electron chi connectivity index (χ2n) is 4.83. The lowest BCUT2D eigenvalue weighted by molar-refractivity contribution is 0.100. The van der Waals surface area contributed by atoms with E-state index in [0.717, 1.165) is 6.54 Å². The Labute approximate surface area is 113 Å². The molecule has 0 fully saturated rings. The molecule has 0 atom stereocenters. The van der Waals surface area contributed by atoms with Crippen molar-refractivity contribution < 1.29 is 9.53 Å². The van der Waals surface area contributed by atoms with E-state index in [1.807, 2.05) is 0 Å². The van der Waals surface area contributed by atoms with E-state index in [2.05, 4.69) is 23.7 Å². The van der Waals surface area contributed by atoms with Crippen LogP contribution in [0.5, 0.6) is 0 Å². The first-order valence-electron chi connectivity index (χ1n) is 6.25. The Morgan fingerprint density at radius 2 is 2.21 bits per heavy atom. The van der Waals surface area contributed by atoms with Crippen molar-refractivity contribution in [2.24, 2.45) is 11.7 Å². The van der Waals surface area contributed by atoms with Gasteiger partial charge in [-0.25, -0.2) is 4.98 Å². The highest BCUT2D eigenvalue weighted by Gasteiger charge is 2.14. The fourth-order valence-electron chi connectivity index (χ4n) is 1.78. The van der Waals surface area contributed by atoms with Crippen LogP contribution in [-0.4, -0.2) is 37.7 Å². The van der Waals surface area contributed by atoms with Crippen molar-refractivity contribution in [3.63, 3.8) is 0 Å². The number of aromatic nitrogens is 1. The van der Waals surface area contributed by atoms with E-state index >= 15 is 0 Å². The van der Waals surface area contributed by atoms with Gasteiger partial charge in [0.05, 0.1) is 24.1 Å². The zero-order valence-electron chi connectivity index (χ0n) is 11.7. The number of pyridine rings is 1. The molecule has 106 valence electrons. The molecule has 0 aliphatic carbocycles. The number of nitrogen functional groups attached to an aromatic ring is 1. The topological polar surface area (TPSA) is 94.5 Å². The highest BCUT2D eigenvalue weighted by atomic mass is 16.5. The van der Waals surface area contributed by atoms with Gasteiger partial charge in [-0.05, 0) is 12.0 Å². The van der Waals surface area contributed by atoms with Crippen LogP contribution in [0.15, 0.2) is 12.3 Å². The number of hydrogen-bond donors (Lipinski definition) is 2. The molecule has 0 saturated heterocycles. The normalized spacial score (nSPS) is 10.7. The molecular weight excluding hydrogens is 244 g/mol. The number of amides is 1. The maximum atomic E-state index is 11.3. The first kappa shape index (κ1) is 15.2. The minimum Gasteiger partial charge on any atom is -0.397 e. The first-order chi connectivity index (χ1) is 8.95. The third kappa shape index (κ3) is 4.40. The fraction of sp³-hybridized carbons (Fsp3) is 0.538. The number of nitrogens with zero attached hydrogens (tertiary/aromatic N) is 2. The third-order valence-corrected chi connectivity index (χ3v) is 2.66. The Morgan fingerprint density at radius 1 is 1.53 bits per heavy atom. The summed E-state index contributed by atoms with van der Waals surface area (Å²) in [6.07, 6.45) is 1.47. The highest BCUT2D eigenvalue weighted by molar-refractivity contribution is 5.98. The molecule has 1 aromatic heterocycles. The number of rotatable bonds is 7. The summed E-state index contributed by atoms with van der Waals surface area (Å²) >= 11 is 0. The SMILES string of the molecule is COCCN(CC(C)C)c1cc(C(N)=O)c(N)cn1. The van der Waals surface area contributed by atoms with Crippen molar-refractivity contribution in [2.45, 2.75) is 13.8 Å². The van der Waals surface area contributed by atoms with Gasteiger partial charge in [-0.1, -0.05) is 13.8 Å². The molecule has 0 radical (unpaired) electrons. The van der Waals surface area contributed by atoms with Crippen molar-refractivity contribution in [1.82, 2.24) is 4.98 Å². The van der Waals surface area contributed by atoms with Crippen LogP contribution in [0.4, 0.5) is 11.5 Å². The average molecular weight is 266 g/mol. The van der Waals surface area contributed by atoms with Crippen LogP contribution in [0.2, 0.25) is 0 Å². The Hall–Kier alpha value is -1.82. The number of anilines is 2. The van der Waals surface area contributed by atoms with Gasteiger partial charge >= 0.3 is 0 Å². The van der Waals surface area contributed by atoms with Gasteiger partial charge in [0.2, 0.25) is 0 Å². The molecular formula is C13H22N4O2. The summed E-state index contributed by atoms with van der Waals surface area (Å²) in [6, 6.07) is 1.63. The molecule has 6 heteroatoms. The Balaban J connectivity index is 3.00. The van der Waals surface area contributed by atoms with Gasteiger partial charge in [0.15, 0.2) is 0 Å². The summed E-state index contributed by atoms with van der Waals surface area (Å²) in [4.78, 5) is 17.6. The third-order valence-electron chi connectivity index (χ3n) is 2.66. The molecule has 4 N–H and O–H groups in total. The van der Waals surface area contributed by atoms with Crippen LogP contribution >= 0.6 is 0 Å². The largest absolute Gasteiger partial charge is 0.397 e. The van der Waals surface area contributed by atoms with Gasteiger partial charge in [0, 0.05) is 20.2 Å². The summed E-state index contributed by atoms with van der Waals surface area (Å²) in [7, 11) is 1.65. The molecule has 1 heterocycles. The van der Waals surface area contributed by atoms with Crippen molar-refractivity contribution in [2.75, 3.05) is 37.4 Å². The van der Waals surface area contributed by atoms with E-state index in [0.29, 0.717) is 36.1 Å². The summed E-state index contributed by atoms with van der Waals surface area (Å²) in [5.41, 5.74) is 11.6. The molecule has 1 aromatic rings. The molecule has 1 amide bonds. The minimum atomic E-state index is -0.544. The highest BCUT2D eigenvalue weighted by Crippen LogP contribution is 2.18. The van der Waals surface area contributed by atoms with Crippen LogP contribution in [0, 0.1) is 5.92 Å². The number of hydrogen-bond acceptors (Lipinski definition) is 5. The Bertz CT molecular complexity index is 435. The van der Waals surface area contributed by atoms with E-state index in [9.17, 15) is 4.79 Å². The number of nitrogens with two attached hydrogens (primary N) is 2. The number of methoxy groups -OCH3 is 1. The van der Waals surface area contributed by atoms with Gasteiger partial charge in [-0.3, -0.25) is 4.79 Å². The molecule has 0 spiro atoms. The summed E-state index contributed by atoms with van der Waals surface area (Å²) < 4.78 is 5.09. The molecule has 19 heavy (non-hydrogen) atoms. The summed E-state index contributed by atoms with van der Waals surface area (Å²) in [6.45, 7) is 6.34. The molecule has 1 rings (SSSR count). The van der Waals surface area contributed by atoms with Crippen molar-refractivity contribution >= 4 is 17.4 Å². The van der Waals surface area contributed by atoms with Gasteiger partial charge in [0.25, 0.3) is 5.91 Å².